The van der Waals surface area contributed by atoms with Crippen molar-refractivity contribution >= 4 is 15.9 Å². The molecule has 1 aromatic carbocycles. The summed E-state index contributed by atoms with van der Waals surface area (Å²) in [6.07, 6.45) is -3.21. The number of hydrogen-bond acceptors (Lipinski definition) is 4. The lowest BCUT2D eigenvalue weighted by atomic mass is 10.2. The van der Waals surface area contributed by atoms with Crippen LogP contribution in [0.4, 0.5) is 13.2 Å². The zero-order chi connectivity index (χ0) is 17.8. The predicted molar refractivity (Wildman–Crippen MR) is 77.7 cm³/mol. The molecule has 2 N–H and O–H groups in total. The van der Waals surface area contributed by atoms with Gasteiger partial charge in [-0.2, -0.15) is 13.2 Å². The highest BCUT2D eigenvalue weighted by atomic mass is 32.2. The van der Waals surface area contributed by atoms with Crippen LogP contribution >= 0.6 is 0 Å². The van der Waals surface area contributed by atoms with Gasteiger partial charge in [0.15, 0.2) is 5.76 Å². The van der Waals surface area contributed by atoms with Crippen molar-refractivity contribution in [1.29, 1.82) is 0 Å². The van der Waals surface area contributed by atoms with Crippen molar-refractivity contribution < 1.29 is 30.8 Å². The normalized spacial score (nSPS) is 12.1. The van der Waals surface area contributed by atoms with E-state index >= 15 is 0 Å². The van der Waals surface area contributed by atoms with E-state index < -0.39 is 27.7 Å². The minimum Gasteiger partial charge on any atom is -0.459 e. The lowest BCUT2D eigenvalue weighted by Crippen LogP contribution is -2.34. The summed E-state index contributed by atoms with van der Waals surface area (Å²) in [4.78, 5) is 11.2. The second-order valence-corrected chi connectivity index (χ2v) is 6.42. The average Bonchev–Trinajstić information content (AvgIpc) is 3.05. The van der Waals surface area contributed by atoms with Gasteiger partial charge in [-0.15, -0.1) is 0 Å². The molecule has 0 saturated heterocycles. The summed E-state index contributed by atoms with van der Waals surface area (Å²) in [5.74, 6) is -0.422. The summed E-state index contributed by atoms with van der Waals surface area (Å²) in [5, 5.41) is 2.43. The second kappa shape index (κ2) is 7.05. The molecule has 0 radical (unpaired) electrons. The van der Waals surface area contributed by atoms with E-state index in [9.17, 15) is 26.4 Å². The number of hydrogen-bond donors (Lipinski definition) is 2. The van der Waals surface area contributed by atoms with Gasteiger partial charge in [-0.3, -0.25) is 4.79 Å². The Balaban J connectivity index is 1.88. The van der Waals surface area contributed by atoms with Crippen molar-refractivity contribution in [2.45, 2.75) is 11.1 Å². The van der Waals surface area contributed by atoms with Crippen molar-refractivity contribution in [2.24, 2.45) is 0 Å². The first-order valence-electron chi connectivity index (χ1n) is 6.69. The molecule has 2 aromatic rings. The summed E-state index contributed by atoms with van der Waals surface area (Å²) in [6, 6.07) is 6.09. The molecule has 0 atom stereocenters. The first-order valence-corrected chi connectivity index (χ1v) is 8.17. The van der Waals surface area contributed by atoms with Crippen LogP contribution in [0.5, 0.6) is 0 Å². The zero-order valence-electron chi connectivity index (χ0n) is 12.1. The molecule has 0 spiro atoms. The Hall–Kier alpha value is -2.33. The van der Waals surface area contributed by atoms with Crippen molar-refractivity contribution in [2.75, 3.05) is 13.1 Å². The first kappa shape index (κ1) is 18.0. The number of carbonyl (C=O) groups excluding carboxylic acids is 1. The van der Waals surface area contributed by atoms with Crippen LogP contribution in [0.2, 0.25) is 0 Å². The van der Waals surface area contributed by atoms with Gasteiger partial charge in [0.25, 0.3) is 5.91 Å². The molecule has 0 fully saturated rings. The summed E-state index contributed by atoms with van der Waals surface area (Å²) >= 11 is 0. The lowest BCUT2D eigenvalue weighted by Gasteiger charge is -2.09. The lowest BCUT2D eigenvalue weighted by molar-refractivity contribution is -0.137. The van der Waals surface area contributed by atoms with Crippen LogP contribution in [0, 0.1) is 0 Å². The summed E-state index contributed by atoms with van der Waals surface area (Å²) in [5.41, 5.74) is -0.938. The standard InChI is InChI=1S/C14H13F3N2O4S/c15-14(16,17)10-3-5-11(6-4-10)24(21,22)19-8-7-18-13(20)12-2-1-9-23-12/h1-6,9,19H,7-8H2,(H,18,20). The fraction of sp³-hybridized carbons (Fsp3) is 0.214. The number of benzene rings is 1. The largest absolute Gasteiger partial charge is 0.459 e. The molecule has 1 heterocycles. The maximum atomic E-state index is 12.4. The third kappa shape index (κ3) is 4.59. The molecule has 0 aliphatic rings. The molecule has 10 heteroatoms. The fourth-order valence-electron chi connectivity index (χ4n) is 1.76. The maximum Gasteiger partial charge on any atom is 0.416 e. The van der Waals surface area contributed by atoms with E-state index in [2.05, 4.69) is 10.0 Å². The number of rotatable bonds is 6. The Morgan fingerprint density at radius 3 is 2.29 bits per heavy atom. The number of halogens is 3. The number of sulfonamides is 1. The summed E-state index contributed by atoms with van der Waals surface area (Å²) < 4.78 is 68.3. The number of alkyl halides is 3. The molecule has 0 unspecified atom stereocenters. The van der Waals surface area contributed by atoms with Crippen molar-refractivity contribution in [3.63, 3.8) is 0 Å². The second-order valence-electron chi connectivity index (χ2n) is 4.65. The highest BCUT2D eigenvalue weighted by Gasteiger charge is 2.30. The molecule has 6 nitrogen and oxygen atoms in total. The van der Waals surface area contributed by atoms with Crippen LogP contribution in [-0.4, -0.2) is 27.4 Å². The molecule has 0 aliphatic heterocycles. The van der Waals surface area contributed by atoms with Crippen LogP contribution in [0.1, 0.15) is 16.1 Å². The molecule has 1 amide bonds. The molecule has 1 aromatic heterocycles. The Morgan fingerprint density at radius 2 is 1.75 bits per heavy atom. The zero-order valence-corrected chi connectivity index (χ0v) is 12.9. The summed E-state index contributed by atoms with van der Waals surface area (Å²) in [7, 11) is -3.97. The van der Waals surface area contributed by atoms with Gasteiger partial charge in [0, 0.05) is 13.1 Å². The van der Waals surface area contributed by atoms with Gasteiger partial charge in [-0.05, 0) is 36.4 Å². The Morgan fingerprint density at radius 1 is 1.08 bits per heavy atom. The maximum absolute atomic E-state index is 12.4. The SMILES string of the molecule is O=C(NCCNS(=O)(=O)c1ccc(C(F)(F)F)cc1)c1ccco1. The van der Waals surface area contributed by atoms with E-state index in [4.69, 9.17) is 4.42 Å². The van der Waals surface area contributed by atoms with Crippen LogP contribution in [0.3, 0.4) is 0 Å². The van der Waals surface area contributed by atoms with E-state index in [1.807, 2.05) is 0 Å². The van der Waals surface area contributed by atoms with Gasteiger partial charge in [0.2, 0.25) is 10.0 Å². The van der Waals surface area contributed by atoms with Crippen LogP contribution in [-0.2, 0) is 16.2 Å². The van der Waals surface area contributed by atoms with Crippen LogP contribution in [0.25, 0.3) is 0 Å². The third-order valence-electron chi connectivity index (χ3n) is 2.94. The predicted octanol–water partition coefficient (Wildman–Crippen LogP) is 2.01. The monoisotopic (exact) mass is 362 g/mol. The Kier molecular flexibility index (Phi) is 5.30. The molecular formula is C14H13F3N2O4S. The Labute approximate surface area is 135 Å². The summed E-state index contributed by atoms with van der Waals surface area (Å²) in [6.45, 7) is -0.144. The van der Waals surface area contributed by atoms with Gasteiger partial charge in [0.1, 0.15) is 0 Å². The van der Waals surface area contributed by atoms with Gasteiger partial charge in [-0.1, -0.05) is 0 Å². The van der Waals surface area contributed by atoms with Gasteiger partial charge < -0.3 is 9.73 Å². The third-order valence-corrected chi connectivity index (χ3v) is 4.42. The molecule has 0 saturated carbocycles. The smallest absolute Gasteiger partial charge is 0.416 e. The topological polar surface area (TPSA) is 88.4 Å². The molecule has 0 bridgehead atoms. The molecule has 24 heavy (non-hydrogen) atoms. The van der Waals surface area contributed by atoms with E-state index in [0.717, 1.165) is 12.1 Å². The molecule has 130 valence electrons. The quantitative estimate of drug-likeness (QED) is 0.770. The number of furan rings is 1. The highest BCUT2D eigenvalue weighted by molar-refractivity contribution is 7.89. The van der Waals surface area contributed by atoms with E-state index in [-0.39, 0.29) is 23.7 Å². The number of nitrogens with one attached hydrogen (secondary N) is 2. The van der Waals surface area contributed by atoms with Crippen molar-refractivity contribution in [3.8, 4) is 0 Å². The molecule has 0 aliphatic carbocycles. The fourth-order valence-corrected chi connectivity index (χ4v) is 2.79. The molecule has 2 rings (SSSR count). The minimum atomic E-state index is -4.54. The minimum absolute atomic E-state index is 0.0145. The highest BCUT2D eigenvalue weighted by Crippen LogP contribution is 2.29. The average molecular weight is 362 g/mol. The van der Waals surface area contributed by atoms with Crippen molar-refractivity contribution in [1.82, 2.24) is 10.0 Å². The Bertz CT molecular complexity index is 784. The number of carbonyl (C=O) groups is 1. The van der Waals surface area contributed by atoms with Gasteiger partial charge in [0.05, 0.1) is 16.7 Å². The van der Waals surface area contributed by atoms with Crippen LogP contribution in [0.15, 0.2) is 52.0 Å². The van der Waals surface area contributed by atoms with Crippen molar-refractivity contribution in [3.05, 3.63) is 54.0 Å². The van der Waals surface area contributed by atoms with E-state index in [1.54, 1.807) is 0 Å². The number of amides is 1. The first-order chi connectivity index (χ1) is 11.2. The van der Waals surface area contributed by atoms with Gasteiger partial charge in [-0.25, -0.2) is 13.1 Å². The van der Waals surface area contributed by atoms with E-state index in [0.29, 0.717) is 12.1 Å². The van der Waals surface area contributed by atoms with E-state index in [1.165, 1.54) is 18.4 Å². The van der Waals surface area contributed by atoms with Crippen LogP contribution < -0.4 is 10.0 Å². The van der Waals surface area contributed by atoms with Gasteiger partial charge >= 0.3 is 6.18 Å². The molecular weight excluding hydrogens is 349 g/mol.